The van der Waals surface area contributed by atoms with Crippen LogP contribution in [0.3, 0.4) is 0 Å². The summed E-state index contributed by atoms with van der Waals surface area (Å²) in [5.41, 5.74) is 9.82. The molecule has 4 amide bonds. The van der Waals surface area contributed by atoms with Crippen LogP contribution in [0.25, 0.3) is 0 Å². The number of amides is 4. The van der Waals surface area contributed by atoms with E-state index in [4.69, 9.17) is 21.7 Å². The van der Waals surface area contributed by atoms with Crippen LogP contribution >= 0.6 is 0 Å². The maximum atomic E-state index is 11.7. The van der Waals surface area contributed by atoms with Crippen LogP contribution in [0.4, 0.5) is 0 Å². The first-order valence-corrected chi connectivity index (χ1v) is 7.63. The van der Waals surface area contributed by atoms with Gasteiger partial charge in [0.2, 0.25) is 23.6 Å². The van der Waals surface area contributed by atoms with Crippen molar-refractivity contribution in [3.05, 3.63) is 0 Å². The lowest BCUT2D eigenvalue weighted by Crippen LogP contribution is -2.43. The highest BCUT2D eigenvalue weighted by atomic mass is 16.4. The number of nitrogens with two attached hydrogens (primary N) is 2. The van der Waals surface area contributed by atoms with Crippen molar-refractivity contribution >= 4 is 35.6 Å². The third-order valence-corrected chi connectivity index (χ3v) is 3.20. The summed E-state index contributed by atoms with van der Waals surface area (Å²) in [6.45, 7) is 0. The van der Waals surface area contributed by atoms with E-state index in [0.29, 0.717) is 0 Å². The van der Waals surface area contributed by atoms with Gasteiger partial charge in [-0.25, -0.2) is 9.59 Å². The molecule has 0 aliphatic rings. The van der Waals surface area contributed by atoms with Crippen molar-refractivity contribution in [3.63, 3.8) is 0 Å². The number of carboxylic acid groups (broad SMARTS) is 2. The number of carbonyl (C=O) groups excluding carboxylic acids is 4. The van der Waals surface area contributed by atoms with Gasteiger partial charge in [0, 0.05) is 25.7 Å². The summed E-state index contributed by atoms with van der Waals surface area (Å²) in [5.74, 6) is -5.69. The lowest BCUT2D eigenvalue weighted by molar-refractivity contribution is -0.143. The van der Waals surface area contributed by atoms with Gasteiger partial charge >= 0.3 is 11.9 Å². The first-order chi connectivity index (χ1) is 12.0. The number of primary amides is 2. The number of rotatable bonds is 13. The SMILES string of the molecule is NC(=O)CCC(NC(=O)CCC(=O)NC(CCC(N)=O)C(=O)O)C(=O)O. The molecule has 0 heterocycles. The Morgan fingerprint density at radius 2 is 0.962 bits per heavy atom. The van der Waals surface area contributed by atoms with Crippen LogP contribution in [-0.2, 0) is 28.8 Å². The van der Waals surface area contributed by atoms with Crippen molar-refractivity contribution in [2.75, 3.05) is 0 Å². The minimum atomic E-state index is -1.36. The molecule has 0 saturated heterocycles. The predicted molar refractivity (Wildman–Crippen MR) is 85.2 cm³/mol. The van der Waals surface area contributed by atoms with Crippen LogP contribution in [0.15, 0.2) is 0 Å². The van der Waals surface area contributed by atoms with Crippen molar-refractivity contribution < 1.29 is 39.0 Å². The van der Waals surface area contributed by atoms with Crippen LogP contribution < -0.4 is 22.1 Å². The van der Waals surface area contributed by atoms with Crippen molar-refractivity contribution in [3.8, 4) is 0 Å². The highest BCUT2D eigenvalue weighted by Crippen LogP contribution is 2.01. The minimum Gasteiger partial charge on any atom is -0.480 e. The van der Waals surface area contributed by atoms with Crippen molar-refractivity contribution in [2.45, 2.75) is 50.6 Å². The van der Waals surface area contributed by atoms with E-state index in [1.54, 1.807) is 0 Å². The van der Waals surface area contributed by atoms with E-state index < -0.39 is 60.5 Å². The average Bonchev–Trinajstić information content (AvgIpc) is 2.52. The molecule has 0 aromatic carbocycles. The van der Waals surface area contributed by atoms with Crippen LogP contribution in [-0.4, -0.2) is 57.9 Å². The molecule has 2 atom stereocenters. The number of nitrogens with one attached hydrogen (secondary N) is 2. The third-order valence-electron chi connectivity index (χ3n) is 3.20. The fourth-order valence-corrected chi connectivity index (χ4v) is 1.85. The molecule has 0 radical (unpaired) electrons. The standard InChI is InChI=1S/C14H22N4O8/c15-9(19)3-1-7(13(23)24)17-11(21)5-6-12(22)18-8(14(25)26)2-4-10(16)20/h7-8H,1-6H2,(H2,15,19)(H2,16,20)(H,17,21)(H,18,22)(H,23,24)(H,25,26). The fourth-order valence-electron chi connectivity index (χ4n) is 1.85. The maximum absolute atomic E-state index is 11.7. The van der Waals surface area contributed by atoms with E-state index in [2.05, 4.69) is 10.6 Å². The van der Waals surface area contributed by atoms with E-state index in [0.717, 1.165) is 0 Å². The average molecular weight is 374 g/mol. The Hall–Kier alpha value is -3.18. The molecule has 0 aliphatic heterocycles. The molecular formula is C14H22N4O8. The van der Waals surface area contributed by atoms with Gasteiger partial charge in [-0.2, -0.15) is 0 Å². The predicted octanol–water partition coefficient (Wildman–Crippen LogP) is -2.56. The molecule has 12 heteroatoms. The van der Waals surface area contributed by atoms with E-state index >= 15 is 0 Å². The third kappa shape index (κ3) is 10.6. The Kier molecular flexibility index (Phi) is 9.99. The zero-order chi connectivity index (χ0) is 20.3. The second-order valence-electron chi connectivity index (χ2n) is 5.43. The Labute approximate surface area is 148 Å². The van der Waals surface area contributed by atoms with Gasteiger partial charge < -0.3 is 32.3 Å². The van der Waals surface area contributed by atoms with Crippen molar-refractivity contribution in [1.29, 1.82) is 0 Å². The monoisotopic (exact) mass is 374 g/mol. The Morgan fingerprint density at radius 1 is 0.654 bits per heavy atom. The number of carboxylic acids is 2. The summed E-state index contributed by atoms with van der Waals surface area (Å²) in [4.78, 5) is 66.7. The molecule has 0 rings (SSSR count). The number of hydrogen-bond acceptors (Lipinski definition) is 6. The smallest absolute Gasteiger partial charge is 0.326 e. The van der Waals surface area contributed by atoms with Gasteiger partial charge in [0.25, 0.3) is 0 Å². The molecule has 26 heavy (non-hydrogen) atoms. The summed E-state index contributed by atoms with van der Waals surface area (Å²) in [6, 6.07) is -2.67. The normalized spacial score (nSPS) is 12.5. The zero-order valence-corrected chi connectivity index (χ0v) is 13.9. The molecule has 8 N–H and O–H groups in total. The minimum absolute atomic E-state index is 0.198. The van der Waals surface area contributed by atoms with Gasteiger partial charge in [-0.1, -0.05) is 0 Å². The highest BCUT2D eigenvalue weighted by Gasteiger charge is 2.23. The molecule has 12 nitrogen and oxygen atoms in total. The fraction of sp³-hybridized carbons (Fsp3) is 0.571. The molecule has 0 saturated carbocycles. The van der Waals surface area contributed by atoms with Gasteiger partial charge in [0.1, 0.15) is 12.1 Å². The van der Waals surface area contributed by atoms with E-state index in [9.17, 15) is 28.8 Å². The first kappa shape index (κ1) is 22.8. The van der Waals surface area contributed by atoms with Crippen LogP contribution in [0.2, 0.25) is 0 Å². The van der Waals surface area contributed by atoms with Gasteiger partial charge in [0.15, 0.2) is 0 Å². The largest absolute Gasteiger partial charge is 0.480 e. The molecular weight excluding hydrogens is 352 g/mol. The second kappa shape index (κ2) is 11.4. The lowest BCUT2D eigenvalue weighted by Gasteiger charge is -2.15. The van der Waals surface area contributed by atoms with Crippen molar-refractivity contribution in [2.24, 2.45) is 11.5 Å². The van der Waals surface area contributed by atoms with Gasteiger partial charge in [0.05, 0.1) is 0 Å². The molecule has 2 unspecified atom stereocenters. The first-order valence-electron chi connectivity index (χ1n) is 7.63. The summed E-state index contributed by atoms with van der Waals surface area (Å²) < 4.78 is 0. The molecule has 0 bridgehead atoms. The Balaban J connectivity index is 4.43. The van der Waals surface area contributed by atoms with Crippen molar-refractivity contribution in [1.82, 2.24) is 10.6 Å². The summed E-state index contributed by atoms with van der Waals surface area (Å²) in [6.07, 6.45) is -1.66. The maximum Gasteiger partial charge on any atom is 0.326 e. The van der Waals surface area contributed by atoms with Crippen LogP contribution in [0, 0.1) is 0 Å². The van der Waals surface area contributed by atoms with E-state index in [1.165, 1.54) is 0 Å². The number of hydrogen-bond donors (Lipinski definition) is 6. The summed E-state index contributed by atoms with van der Waals surface area (Å²) in [7, 11) is 0. The van der Waals surface area contributed by atoms with Gasteiger partial charge in [-0.15, -0.1) is 0 Å². The Morgan fingerprint density at radius 3 is 1.19 bits per heavy atom. The van der Waals surface area contributed by atoms with Crippen LogP contribution in [0.1, 0.15) is 38.5 Å². The van der Waals surface area contributed by atoms with Crippen LogP contribution in [0.5, 0.6) is 0 Å². The van der Waals surface area contributed by atoms with E-state index in [1.807, 2.05) is 0 Å². The summed E-state index contributed by atoms with van der Waals surface area (Å²) in [5, 5.41) is 22.2. The molecule has 0 aromatic heterocycles. The Bertz CT molecular complexity index is 527. The quantitative estimate of drug-likeness (QED) is 0.201. The van der Waals surface area contributed by atoms with E-state index in [-0.39, 0.29) is 25.7 Å². The van der Waals surface area contributed by atoms with Gasteiger partial charge in [-0.3, -0.25) is 19.2 Å². The lowest BCUT2D eigenvalue weighted by atomic mass is 10.1. The van der Waals surface area contributed by atoms with Gasteiger partial charge in [-0.05, 0) is 12.8 Å². The molecule has 0 aliphatic carbocycles. The topological polar surface area (TPSA) is 219 Å². The zero-order valence-electron chi connectivity index (χ0n) is 13.9. The molecule has 0 fully saturated rings. The molecule has 0 spiro atoms. The number of aliphatic carboxylic acids is 2. The second-order valence-corrected chi connectivity index (χ2v) is 5.43. The highest BCUT2D eigenvalue weighted by molar-refractivity contribution is 5.89. The number of carbonyl (C=O) groups is 6. The summed E-state index contributed by atoms with van der Waals surface area (Å²) >= 11 is 0. The molecule has 146 valence electrons. The molecule has 0 aromatic rings.